The Balaban J connectivity index is 0.705. The Bertz CT molecular complexity index is 3710. The monoisotopic (exact) mass is 1470 g/mol. The average Bonchev–Trinajstić information content (AvgIpc) is 0.834. The molecule has 0 spiro atoms. The second-order valence-corrected chi connectivity index (χ2v) is 26.2. The molecule has 0 N–H and O–H groups in total. The van der Waals surface area contributed by atoms with E-state index in [4.69, 9.17) is 75.8 Å². The third-order valence-electron chi connectivity index (χ3n) is 18.9. The standard InChI is InChI=1S/C92H114O16/c1-93-77-35-31-36-78(94-2)75(77)33-25-19-13-15-21-27-55-105-89-81(97-5)59-71(60-82(89)98-6)51-47-67-39-43-69(44-40-67)49-53-73-63-85(101-9)91(86(64-73)102-10)107-57-29-23-17-18-24-30-58-108-92-87(103-11)65-74(66-88(92)104-12)54-50-70-45-41-68(42-46-70)48-52-72-61-83(99-7)90(84(62-72)100-8)106-56-28-22-16-14-20-26-34-76-79(95-3)37-32-38-80(76)96-4/h31-32,35-54,59-66H,13-30,33-34,55-58H2,1-12H3/b51-47+,52-48+,53-49+,54-50+. The summed E-state index contributed by atoms with van der Waals surface area (Å²) in [4.78, 5) is 0. The smallest absolute Gasteiger partial charge is 0.203 e. The van der Waals surface area contributed by atoms with Crippen molar-refractivity contribution in [2.75, 3.05) is 112 Å². The summed E-state index contributed by atoms with van der Waals surface area (Å²) in [7, 11) is 20.1. The number of hydrogen-bond acceptors (Lipinski definition) is 16. The molecule has 0 aliphatic rings. The van der Waals surface area contributed by atoms with Crippen molar-refractivity contribution in [3.05, 3.63) is 189 Å². The summed E-state index contributed by atoms with van der Waals surface area (Å²) in [6.07, 6.45) is 37.5. The zero-order valence-electron chi connectivity index (χ0n) is 65.8. The first kappa shape index (κ1) is 83.2. The molecule has 16 heteroatoms. The lowest BCUT2D eigenvalue weighted by atomic mass is 10.0. The van der Waals surface area contributed by atoms with E-state index in [1.165, 1.54) is 12.8 Å². The van der Waals surface area contributed by atoms with Crippen LogP contribution in [0.4, 0.5) is 0 Å². The van der Waals surface area contributed by atoms with Crippen LogP contribution in [0.1, 0.15) is 171 Å². The minimum absolute atomic E-state index is 0.544. The van der Waals surface area contributed by atoms with Gasteiger partial charge in [0.05, 0.1) is 112 Å². The number of methoxy groups -OCH3 is 12. The van der Waals surface area contributed by atoms with Crippen molar-refractivity contribution in [2.45, 2.75) is 128 Å². The largest absolute Gasteiger partial charge is 0.496 e. The molecule has 108 heavy (non-hydrogen) atoms. The van der Waals surface area contributed by atoms with Crippen molar-refractivity contribution in [3.8, 4) is 92.0 Å². The minimum atomic E-state index is 0.544. The van der Waals surface area contributed by atoms with Crippen LogP contribution in [0.25, 0.3) is 48.6 Å². The Kier molecular flexibility index (Phi) is 35.9. The van der Waals surface area contributed by atoms with Gasteiger partial charge in [0.15, 0.2) is 46.0 Å². The molecule has 0 radical (unpaired) electrons. The van der Waals surface area contributed by atoms with E-state index in [1.807, 2.05) is 109 Å². The van der Waals surface area contributed by atoms with Crippen LogP contribution in [0.15, 0.2) is 133 Å². The zero-order valence-corrected chi connectivity index (χ0v) is 65.8. The summed E-state index contributed by atoms with van der Waals surface area (Å²) in [5.41, 5.74) is 10.2. The van der Waals surface area contributed by atoms with Gasteiger partial charge in [0, 0.05) is 11.1 Å². The Morgan fingerprint density at radius 1 is 0.185 bits per heavy atom. The van der Waals surface area contributed by atoms with Crippen molar-refractivity contribution >= 4 is 48.6 Å². The lowest BCUT2D eigenvalue weighted by molar-refractivity contribution is 0.262. The fourth-order valence-electron chi connectivity index (χ4n) is 12.9. The van der Waals surface area contributed by atoms with E-state index < -0.39 is 0 Å². The molecular formula is C92H114O16. The van der Waals surface area contributed by atoms with Crippen LogP contribution in [0, 0.1) is 0 Å². The summed E-state index contributed by atoms with van der Waals surface area (Å²) < 4.78 is 93.8. The van der Waals surface area contributed by atoms with Gasteiger partial charge in [0.25, 0.3) is 0 Å². The molecule has 0 saturated carbocycles. The molecule has 0 aliphatic carbocycles. The van der Waals surface area contributed by atoms with Gasteiger partial charge in [-0.05, 0) is 169 Å². The summed E-state index contributed by atoms with van der Waals surface area (Å²) in [5.74, 6) is 11.0. The number of ether oxygens (including phenoxy) is 16. The third kappa shape index (κ3) is 25.6. The highest BCUT2D eigenvalue weighted by Crippen LogP contribution is 2.44. The highest BCUT2D eigenvalue weighted by atomic mass is 16.6. The fourth-order valence-corrected chi connectivity index (χ4v) is 12.9. The molecule has 0 unspecified atom stereocenters. The third-order valence-corrected chi connectivity index (χ3v) is 18.9. The maximum atomic E-state index is 6.31. The second kappa shape index (κ2) is 46.6. The Morgan fingerprint density at radius 2 is 0.352 bits per heavy atom. The molecule has 0 fully saturated rings. The van der Waals surface area contributed by atoms with Crippen molar-refractivity contribution in [1.29, 1.82) is 0 Å². The molecular weight excluding hydrogens is 1360 g/mol. The topological polar surface area (TPSA) is 148 Å². The van der Waals surface area contributed by atoms with Gasteiger partial charge >= 0.3 is 0 Å². The highest BCUT2D eigenvalue weighted by Gasteiger charge is 2.19. The Hall–Kier alpha value is -10.5. The van der Waals surface area contributed by atoms with Crippen LogP contribution in [-0.2, 0) is 12.8 Å². The molecule has 578 valence electrons. The summed E-state index contributed by atoms with van der Waals surface area (Å²) >= 11 is 0. The second-order valence-electron chi connectivity index (χ2n) is 26.2. The van der Waals surface area contributed by atoms with Crippen LogP contribution in [0.3, 0.4) is 0 Å². The van der Waals surface area contributed by atoms with E-state index in [9.17, 15) is 0 Å². The van der Waals surface area contributed by atoms with Crippen molar-refractivity contribution in [3.63, 3.8) is 0 Å². The number of rotatable bonds is 51. The molecule has 0 heterocycles. The first-order valence-corrected chi connectivity index (χ1v) is 37.9. The Morgan fingerprint density at radius 3 is 0.537 bits per heavy atom. The maximum absolute atomic E-state index is 6.31. The highest BCUT2D eigenvalue weighted by molar-refractivity contribution is 5.78. The van der Waals surface area contributed by atoms with Gasteiger partial charge in [-0.1, -0.05) is 186 Å². The van der Waals surface area contributed by atoms with Crippen molar-refractivity contribution in [2.24, 2.45) is 0 Å². The van der Waals surface area contributed by atoms with E-state index in [-0.39, 0.29) is 0 Å². The van der Waals surface area contributed by atoms with Crippen LogP contribution in [0.5, 0.6) is 92.0 Å². The molecule has 8 aromatic rings. The predicted octanol–water partition coefficient (Wildman–Crippen LogP) is 22.2. The summed E-state index contributed by atoms with van der Waals surface area (Å²) in [6.45, 7) is 2.25. The molecule has 8 aromatic carbocycles. The van der Waals surface area contributed by atoms with Gasteiger partial charge in [-0.15, -0.1) is 0 Å². The average molecular weight is 1480 g/mol. The quantitative estimate of drug-likeness (QED) is 0.0263. The first-order valence-electron chi connectivity index (χ1n) is 37.9. The van der Waals surface area contributed by atoms with E-state index in [0.29, 0.717) is 95.4 Å². The van der Waals surface area contributed by atoms with Crippen LogP contribution >= 0.6 is 0 Å². The van der Waals surface area contributed by atoms with Gasteiger partial charge in [0.2, 0.25) is 23.0 Å². The Labute approximate surface area is 642 Å². The minimum Gasteiger partial charge on any atom is -0.496 e. The normalized spacial score (nSPS) is 11.3. The van der Waals surface area contributed by atoms with Gasteiger partial charge in [-0.2, -0.15) is 0 Å². The predicted molar refractivity (Wildman–Crippen MR) is 438 cm³/mol. The van der Waals surface area contributed by atoms with E-state index >= 15 is 0 Å². The lowest BCUT2D eigenvalue weighted by Gasteiger charge is -2.16. The van der Waals surface area contributed by atoms with E-state index in [0.717, 1.165) is 194 Å². The lowest BCUT2D eigenvalue weighted by Crippen LogP contribution is -2.03. The number of hydrogen-bond donors (Lipinski definition) is 0. The first-order chi connectivity index (χ1) is 53.0. The van der Waals surface area contributed by atoms with E-state index in [2.05, 4.69) is 72.8 Å². The summed E-state index contributed by atoms with van der Waals surface area (Å²) in [5, 5.41) is 0. The van der Waals surface area contributed by atoms with Gasteiger partial charge in [-0.3, -0.25) is 0 Å². The van der Waals surface area contributed by atoms with Crippen LogP contribution in [0.2, 0.25) is 0 Å². The van der Waals surface area contributed by atoms with Gasteiger partial charge < -0.3 is 75.8 Å². The number of benzene rings is 8. The molecule has 0 aromatic heterocycles. The molecule has 0 bridgehead atoms. The zero-order chi connectivity index (χ0) is 76.5. The van der Waals surface area contributed by atoms with Crippen molar-refractivity contribution < 1.29 is 75.8 Å². The molecule has 0 saturated heterocycles. The van der Waals surface area contributed by atoms with Crippen LogP contribution < -0.4 is 75.8 Å². The molecule has 8 rings (SSSR count). The molecule has 0 aliphatic heterocycles. The summed E-state index contributed by atoms with van der Waals surface area (Å²) in [6, 6.07) is 44.4. The van der Waals surface area contributed by atoms with E-state index in [1.54, 1.807) is 85.3 Å². The SMILES string of the molecule is COc1cccc(OC)c1CCCCCCCCOc1c(OC)cc(/C=C/c2ccc(/C=C/c3cc(OC)c(OCCCCCCCCOc4c(OC)cc(/C=C/c5ccc(/C=C/c6cc(OC)c(OCCCCCCCCc7c(OC)cccc7OC)c(OC)c6)cc5)cc4OC)c(OC)c3)cc2)cc1OC. The van der Waals surface area contributed by atoms with Crippen LogP contribution in [-0.4, -0.2) is 112 Å². The van der Waals surface area contributed by atoms with Gasteiger partial charge in [0.1, 0.15) is 23.0 Å². The van der Waals surface area contributed by atoms with Crippen molar-refractivity contribution in [1.82, 2.24) is 0 Å². The molecule has 0 amide bonds. The number of unbranched alkanes of at least 4 members (excludes halogenated alkanes) is 15. The molecule has 16 nitrogen and oxygen atoms in total. The molecule has 0 atom stereocenters. The van der Waals surface area contributed by atoms with Gasteiger partial charge in [-0.25, -0.2) is 0 Å². The fraction of sp³-hybridized carbons (Fsp3) is 0.391. The maximum Gasteiger partial charge on any atom is 0.203 e.